The van der Waals surface area contributed by atoms with E-state index in [0.29, 0.717) is 23.1 Å². The van der Waals surface area contributed by atoms with Gasteiger partial charge in [0.25, 0.3) is 0 Å². The number of urea groups is 1. The van der Waals surface area contributed by atoms with Crippen molar-refractivity contribution < 1.29 is 27.5 Å². The van der Waals surface area contributed by atoms with E-state index in [9.17, 15) is 22.8 Å². The van der Waals surface area contributed by atoms with Crippen LogP contribution in [0.5, 0.6) is 5.75 Å². The van der Waals surface area contributed by atoms with Crippen LogP contribution >= 0.6 is 11.8 Å². The van der Waals surface area contributed by atoms with Crippen LogP contribution in [0.4, 0.5) is 23.7 Å². The van der Waals surface area contributed by atoms with Gasteiger partial charge in [0.05, 0.1) is 17.1 Å². The molecule has 1 saturated heterocycles. The summed E-state index contributed by atoms with van der Waals surface area (Å²) in [7, 11) is 0. The molecule has 0 saturated carbocycles. The summed E-state index contributed by atoms with van der Waals surface area (Å²) in [4.78, 5) is 36.3. The average Bonchev–Trinajstić information content (AvgIpc) is 3.79. The highest BCUT2D eigenvalue weighted by Gasteiger charge is 2.33. The lowest BCUT2D eigenvalue weighted by Gasteiger charge is -2.20. The highest BCUT2D eigenvalue weighted by atomic mass is 32.2. The van der Waals surface area contributed by atoms with Crippen molar-refractivity contribution in [2.75, 3.05) is 10.7 Å². The van der Waals surface area contributed by atoms with E-state index in [2.05, 4.69) is 32.1 Å². The first-order chi connectivity index (χ1) is 22.6. The smallest absolute Gasteiger partial charge is 0.406 e. The van der Waals surface area contributed by atoms with Crippen LogP contribution in [-0.4, -0.2) is 44.0 Å². The maximum atomic E-state index is 13.2. The first-order valence-corrected chi connectivity index (χ1v) is 16.1. The first-order valence-electron chi connectivity index (χ1n) is 15.1. The van der Waals surface area contributed by atoms with Gasteiger partial charge in [-0.15, -0.1) is 18.3 Å². The number of rotatable bonds is 8. The minimum atomic E-state index is -4.76. The highest BCUT2D eigenvalue weighted by molar-refractivity contribution is 8.15. The van der Waals surface area contributed by atoms with Crippen molar-refractivity contribution in [2.24, 2.45) is 4.99 Å². The molecule has 3 amide bonds. The highest BCUT2D eigenvalue weighted by Crippen LogP contribution is 2.34. The van der Waals surface area contributed by atoms with Crippen LogP contribution in [0.25, 0.3) is 22.6 Å². The van der Waals surface area contributed by atoms with Crippen LogP contribution in [0, 0.1) is 6.92 Å². The van der Waals surface area contributed by atoms with Gasteiger partial charge in [-0.2, -0.15) is 4.99 Å². The van der Waals surface area contributed by atoms with Gasteiger partial charge >= 0.3 is 12.4 Å². The zero-order chi connectivity index (χ0) is 33.1. The van der Waals surface area contributed by atoms with Crippen LogP contribution in [-0.2, 0) is 11.2 Å². The molecule has 2 heterocycles. The van der Waals surface area contributed by atoms with E-state index in [0.717, 1.165) is 64.9 Å². The van der Waals surface area contributed by atoms with Gasteiger partial charge in [0.15, 0.2) is 11.0 Å². The Labute approximate surface area is 273 Å². The summed E-state index contributed by atoms with van der Waals surface area (Å²) in [6.07, 6.45) is 0.827. The molecule has 4 aromatic rings. The Hall–Kier alpha value is -4.91. The summed E-state index contributed by atoms with van der Waals surface area (Å²) < 4.78 is 42.8. The number of hydrogen-bond donors (Lipinski definition) is 1. The molecule has 1 aromatic heterocycles. The second-order valence-corrected chi connectivity index (χ2v) is 12.1. The topological polar surface area (TPSA) is 102 Å². The molecular formula is C34H31F3N6O3S. The largest absolute Gasteiger partial charge is 0.573 e. The molecule has 6 rings (SSSR count). The zero-order valence-electron chi connectivity index (χ0n) is 25.7. The Bertz CT molecular complexity index is 1870. The van der Waals surface area contributed by atoms with Gasteiger partial charge in [-0.1, -0.05) is 61.5 Å². The molecule has 1 N–H and O–H groups in total. The number of ether oxygens (including phenoxy) is 1. The number of anilines is 1. The molecule has 242 valence electrons. The van der Waals surface area contributed by atoms with Gasteiger partial charge in [-0.3, -0.25) is 9.69 Å². The lowest BCUT2D eigenvalue weighted by Crippen LogP contribution is -2.32. The molecule has 0 bridgehead atoms. The Balaban J connectivity index is 1.16. The molecule has 2 aliphatic rings. The van der Waals surface area contributed by atoms with E-state index in [1.54, 1.807) is 4.90 Å². The number of alkyl halides is 3. The number of allylic oxidation sites excluding steroid dienone is 2. The number of nitrogens with one attached hydrogen (secondary N) is 1. The molecule has 0 spiro atoms. The SMILES string of the molecule is CCCc1ccc(C)cc1N1C(=O)CSC1=NC(=O)NC1=C(c2ccc(-c3ncn(-c4ccc(OC(F)(F)F)cc4)n3)cc2)CCC1. The van der Waals surface area contributed by atoms with Crippen LogP contribution in [0.2, 0.25) is 0 Å². The predicted molar refractivity (Wildman–Crippen MR) is 175 cm³/mol. The van der Waals surface area contributed by atoms with E-state index in [4.69, 9.17) is 0 Å². The molecule has 9 nitrogen and oxygen atoms in total. The van der Waals surface area contributed by atoms with Crippen molar-refractivity contribution in [3.8, 4) is 22.8 Å². The third kappa shape index (κ3) is 7.40. The standard InChI is InChI=1S/C34H31F3N6O3S/c1-3-5-23-9-8-21(2)18-29(23)43-30(44)19-47-33(43)40-32(45)39-28-7-4-6-27(28)22-10-12-24(13-11-22)31-38-20-42(41-31)25-14-16-26(17-15-25)46-34(35,36)37/h8-18,20H,3-7,19H2,1-2H3,(H,39,45). The number of hydrogen-bond acceptors (Lipinski definition) is 6. The molecule has 0 unspecified atom stereocenters. The number of amidine groups is 1. The van der Waals surface area contributed by atoms with Gasteiger partial charge in [0.1, 0.15) is 12.1 Å². The number of aryl methyl sites for hydroxylation is 2. The van der Waals surface area contributed by atoms with Gasteiger partial charge in [0.2, 0.25) is 5.91 Å². The Morgan fingerprint density at radius 3 is 2.51 bits per heavy atom. The van der Waals surface area contributed by atoms with Crippen molar-refractivity contribution in [1.82, 2.24) is 20.1 Å². The quantitative estimate of drug-likeness (QED) is 0.207. The Morgan fingerprint density at radius 2 is 1.79 bits per heavy atom. The second-order valence-electron chi connectivity index (χ2n) is 11.2. The maximum absolute atomic E-state index is 13.2. The minimum absolute atomic E-state index is 0.0990. The fourth-order valence-electron chi connectivity index (χ4n) is 5.63. The van der Waals surface area contributed by atoms with Crippen molar-refractivity contribution in [3.05, 3.63) is 95.4 Å². The first kappa shape index (κ1) is 32.0. The van der Waals surface area contributed by atoms with Crippen LogP contribution < -0.4 is 15.0 Å². The normalized spacial score (nSPS) is 16.0. The van der Waals surface area contributed by atoms with Crippen molar-refractivity contribution in [3.63, 3.8) is 0 Å². The van der Waals surface area contributed by atoms with E-state index < -0.39 is 12.4 Å². The van der Waals surface area contributed by atoms with Crippen LogP contribution in [0.1, 0.15) is 49.3 Å². The Morgan fingerprint density at radius 1 is 1.04 bits per heavy atom. The lowest BCUT2D eigenvalue weighted by molar-refractivity contribution is -0.274. The lowest BCUT2D eigenvalue weighted by atomic mass is 10.0. The fraction of sp³-hybridized carbons (Fsp3) is 0.265. The summed E-state index contributed by atoms with van der Waals surface area (Å²) in [5.74, 6) is 0.250. The molecule has 1 aliphatic heterocycles. The molecule has 1 fully saturated rings. The van der Waals surface area contributed by atoms with E-state index >= 15 is 0 Å². The number of amides is 3. The molecule has 47 heavy (non-hydrogen) atoms. The van der Waals surface area contributed by atoms with E-state index in [-0.39, 0.29) is 17.4 Å². The van der Waals surface area contributed by atoms with Crippen molar-refractivity contribution in [2.45, 2.75) is 52.3 Å². The summed E-state index contributed by atoms with van der Waals surface area (Å²) in [5.41, 5.74) is 6.89. The maximum Gasteiger partial charge on any atom is 0.573 e. The number of halogens is 3. The second kappa shape index (κ2) is 13.4. The Kier molecular flexibility index (Phi) is 9.17. The zero-order valence-corrected chi connectivity index (χ0v) is 26.5. The molecule has 1 aliphatic carbocycles. The summed E-state index contributed by atoms with van der Waals surface area (Å²) in [5, 5.41) is 7.82. The number of carbonyl (C=O) groups excluding carboxylic acids is 2. The van der Waals surface area contributed by atoms with E-state index in [1.807, 2.05) is 49.4 Å². The number of aliphatic imine (C=N–C) groups is 1. The molecule has 0 atom stereocenters. The molecule has 3 aromatic carbocycles. The number of carbonyl (C=O) groups is 2. The van der Waals surface area contributed by atoms with Gasteiger partial charge < -0.3 is 10.1 Å². The summed E-state index contributed by atoms with van der Waals surface area (Å²) in [6, 6.07) is 18.5. The summed E-state index contributed by atoms with van der Waals surface area (Å²) in [6.45, 7) is 4.06. The van der Waals surface area contributed by atoms with Crippen molar-refractivity contribution in [1.29, 1.82) is 0 Å². The average molecular weight is 661 g/mol. The van der Waals surface area contributed by atoms with E-state index in [1.165, 1.54) is 47.0 Å². The van der Waals surface area contributed by atoms with Gasteiger partial charge in [0, 0.05) is 11.3 Å². The van der Waals surface area contributed by atoms with Crippen LogP contribution in [0.3, 0.4) is 0 Å². The number of nitrogens with zero attached hydrogens (tertiary/aromatic N) is 5. The molecular weight excluding hydrogens is 629 g/mol. The molecule has 13 heteroatoms. The van der Waals surface area contributed by atoms with Crippen molar-refractivity contribution >= 4 is 40.1 Å². The van der Waals surface area contributed by atoms with Crippen LogP contribution in [0.15, 0.2) is 83.7 Å². The van der Waals surface area contributed by atoms with Gasteiger partial charge in [-0.05, 0) is 85.2 Å². The third-order valence-electron chi connectivity index (χ3n) is 7.76. The number of aromatic nitrogens is 3. The third-order valence-corrected chi connectivity index (χ3v) is 8.68. The molecule has 0 radical (unpaired) electrons. The van der Waals surface area contributed by atoms with Gasteiger partial charge in [-0.25, -0.2) is 14.5 Å². The summed E-state index contributed by atoms with van der Waals surface area (Å²) >= 11 is 1.26. The monoisotopic (exact) mass is 660 g/mol. The number of thioether (sulfide) groups is 1. The predicted octanol–water partition coefficient (Wildman–Crippen LogP) is 7.83. The fourth-order valence-corrected chi connectivity index (χ4v) is 6.49. The minimum Gasteiger partial charge on any atom is -0.406 e. The number of benzene rings is 3.